The Bertz CT molecular complexity index is 960. The zero-order chi connectivity index (χ0) is 19.0. The molecule has 138 valence electrons. The Hall–Kier alpha value is -2.64. The Morgan fingerprint density at radius 2 is 1.81 bits per heavy atom. The fraction of sp³-hybridized carbons (Fsp3) is 0.300. The minimum absolute atomic E-state index is 0.250. The number of nitrogens with zero attached hydrogens (tertiary/aromatic N) is 4. The monoisotopic (exact) mass is 361 g/mol. The highest BCUT2D eigenvalue weighted by Gasteiger charge is 2.27. The van der Waals surface area contributed by atoms with Crippen molar-refractivity contribution in [1.82, 2.24) is 14.4 Å². The van der Waals surface area contributed by atoms with E-state index in [2.05, 4.69) is 17.4 Å². The number of carbonyl (C=O) groups is 1. The van der Waals surface area contributed by atoms with Crippen LogP contribution in [0.3, 0.4) is 0 Å². The van der Waals surface area contributed by atoms with Crippen LogP contribution in [0.2, 0.25) is 0 Å². The first-order valence-electron chi connectivity index (χ1n) is 9.36. The number of hydrazine groups is 1. The van der Waals surface area contributed by atoms with E-state index in [0.29, 0.717) is 11.5 Å². The number of rotatable bonds is 3. The molecule has 2 aromatic carbocycles. The number of imidazole rings is 1. The lowest BCUT2D eigenvalue weighted by molar-refractivity contribution is 0.0984. The van der Waals surface area contributed by atoms with Crippen LogP contribution in [0.15, 0.2) is 48.5 Å². The van der Waals surface area contributed by atoms with Crippen molar-refractivity contribution < 1.29 is 4.79 Å². The normalized spacial score (nSPS) is 15.9. The summed E-state index contributed by atoms with van der Waals surface area (Å²) in [5.41, 5.74) is 3.55. The van der Waals surface area contributed by atoms with Crippen molar-refractivity contribution in [1.29, 1.82) is 0 Å². The third-order valence-electron chi connectivity index (χ3n) is 5.36. The van der Waals surface area contributed by atoms with Gasteiger partial charge < -0.3 is 9.38 Å². The Morgan fingerprint density at radius 3 is 2.52 bits per heavy atom. The zero-order valence-corrected chi connectivity index (χ0v) is 15.8. The summed E-state index contributed by atoms with van der Waals surface area (Å²) in [6.45, 7) is 4.04. The molecule has 4 rings (SSSR count). The van der Waals surface area contributed by atoms with Crippen molar-refractivity contribution in [2.75, 3.05) is 18.1 Å². The Morgan fingerprint density at radius 1 is 1.15 bits per heavy atom. The lowest BCUT2D eigenvalue weighted by atomic mass is 10.0. The number of aromatic nitrogens is 2. The molecule has 1 aliphatic rings. The Labute approximate surface area is 160 Å². The quantitative estimate of drug-likeness (QED) is 0.336. The maximum atomic E-state index is 13.0. The number of amides is 1. The van der Waals surface area contributed by atoms with Crippen LogP contribution in [0.1, 0.15) is 34.8 Å². The van der Waals surface area contributed by atoms with Gasteiger partial charge >= 0.3 is 0 Å². The molecule has 7 heteroatoms. The number of carbonyl (C=O) groups excluding carboxylic acids is 1. The van der Waals surface area contributed by atoms with E-state index in [-0.39, 0.29) is 11.9 Å². The van der Waals surface area contributed by atoms with Crippen molar-refractivity contribution in [2.24, 2.45) is 5.84 Å². The van der Waals surface area contributed by atoms with Crippen LogP contribution in [0, 0.1) is 6.92 Å². The molecule has 1 fully saturated rings. The van der Waals surface area contributed by atoms with Gasteiger partial charge in [-0.1, -0.05) is 29.8 Å². The van der Waals surface area contributed by atoms with E-state index in [1.807, 2.05) is 43.3 Å². The minimum atomic E-state index is -0.250. The maximum Gasteiger partial charge on any atom is 0.274 e. The molecule has 0 saturated carbocycles. The van der Waals surface area contributed by atoms with Gasteiger partial charge in [0.05, 0.1) is 11.0 Å². The second kappa shape index (κ2) is 7.17. The predicted octanol–water partition coefficient (Wildman–Crippen LogP) is 2.05. The molecule has 1 aromatic heterocycles. The van der Waals surface area contributed by atoms with Gasteiger partial charge in [-0.2, -0.15) is 0 Å². The number of piperidine rings is 1. The molecule has 0 atom stereocenters. The molecule has 3 aromatic rings. The van der Waals surface area contributed by atoms with Gasteiger partial charge in [-0.3, -0.25) is 4.79 Å². The van der Waals surface area contributed by atoms with Crippen LogP contribution in [-0.4, -0.2) is 41.3 Å². The molecule has 1 amide bonds. The van der Waals surface area contributed by atoms with Gasteiger partial charge in [-0.15, -0.1) is 0 Å². The lowest BCUT2D eigenvalue weighted by Gasteiger charge is -2.32. The molecule has 0 unspecified atom stereocenters. The van der Waals surface area contributed by atoms with Gasteiger partial charge in [0.15, 0.2) is 7.98 Å². The average molecular weight is 361 g/mol. The highest BCUT2D eigenvalue weighted by Crippen LogP contribution is 2.32. The van der Waals surface area contributed by atoms with Crippen LogP contribution in [0.5, 0.6) is 0 Å². The first kappa shape index (κ1) is 17.8. The van der Waals surface area contributed by atoms with Crippen molar-refractivity contribution in [3.63, 3.8) is 0 Å². The van der Waals surface area contributed by atoms with Crippen LogP contribution in [0.25, 0.3) is 11.0 Å². The predicted molar refractivity (Wildman–Crippen MR) is 110 cm³/mol. The number of anilines is 1. The third-order valence-corrected chi connectivity index (χ3v) is 5.36. The van der Waals surface area contributed by atoms with Crippen molar-refractivity contribution in [3.8, 4) is 0 Å². The first-order valence-corrected chi connectivity index (χ1v) is 9.36. The summed E-state index contributed by atoms with van der Waals surface area (Å²) in [6, 6.07) is 15.7. The molecule has 0 spiro atoms. The van der Waals surface area contributed by atoms with Gasteiger partial charge in [0.25, 0.3) is 5.91 Å². The smallest absolute Gasteiger partial charge is 0.274 e. The van der Waals surface area contributed by atoms with E-state index in [1.54, 1.807) is 12.1 Å². The van der Waals surface area contributed by atoms with Crippen LogP contribution >= 0.6 is 0 Å². The Balaban J connectivity index is 1.75. The Kier molecular flexibility index (Phi) is 4.72. The molecule has 2 heterocycles. The number of fused-ring (bicyclic) bond motifs is 1. The van der Waals surface area contributed by atoms with Crippen LogP contribution in [-0.2, 0) is 0 Å². The molecule has 0 radical (unpaired) electrons. The zero-order valence-electron chi connectivity index (χ0n) is 15.8. The number of aryl methyl sites for hydroxylation is 1. The molecule has 1 saturated heterocycles. The van der Waals surface area contributed by atoms with E-state index < -0.39 is 0 Å². The fourth-order valence-electron chi connectivity index (χ4n) is 3.74. The summed E-state index contributed by atoms with van der Waals surface area (Å²) < 4.78 is 2.15. The molecule has 2 N–H and O–H groups in total. The molecule has 1 aliphatic heterocycles. The summed E-state index contributed by atoms with van der Waals surface area (Å²) in [4.78, 5) is 20.0. The summed E-state index contributed by atoms with van der Waals surface area (Å²) in [5.74, 6) is 6.56. The van der Waals surface area contributed by atoms with Gasteiger partial charge in [-0.25, -0.2) is 15.8 Å². The minimum Gasteiger partial charge on any atom is -0.349 e. The number of para-hydroxylation sites is 2. The molecular formula is C20H24BN5O. The SMILES string of the molecule is BN1CCC(n2c(N(N)C(=O)c3ccc(C)cc3)nc3ccccc32)CC1. The average Bonchev–Trinajstić information content (AvgIpc) is 3.07. The fourth-order valence-corrected chi connectivity index (χ4v) is 3.74. The highest BCUT2D eigenvalue weighted by atomic mass is 16.2. The van der Waals surface area contributed by atoms with E-state index >= 15 is 0 Å². The second-order valence-corrected chi connectivity index (χ2v) is 7.35. The topological polar surface area (TPSA) is 67.4 Å². The van der Waals surface area contributed by atoms with Gasteiger partial charge in [0.1, 0.15) is 0 Å². The summed E-state index contributed by atoms with van der Waals surface area (Å²) in [6.07, 6.45) is 2.02. The van der Waals surface area contributed by atoms with Crippen LogP contribution < -0.4 is 10.9 Å². The summed E-state index contributed by atoms with van der Waals surface area (Å²) in [5, 5.41) is 1.20. The summed E-state index contributed by atoms with van der Waals surface area (Å²) >= 11 is 0. The number of hydrogen-bond acceptors (Lipinski definition) is 4. The molecule has 0 bridgehead atoms. The number of nitrogens with two attached hydrogens (primary N) is 1. The van der Waals surface area contributed by atoms with E-state index in [9.17, 15) is 4.79 Å². The largest absolute Gasteiger partial charge is 0.349 e. The van der Waals surface area contributed by atoms with Crippen molar-refractivity contribution in [2.45, 2.75) is 25.8 Å². The standard InChI is InChI=1S/C20H24BN5O/c1-14-6-8-15(9-7-14)19(27)26(22)20-23-17-4-2-3-5-18(17)25(20)16-10-12-24(21)13-11-16/h2-9,16H,10-13,21-22H2,1H3. The highest BCUT2D eigenvalue weighted by molar-refractivity contribution is 6.05. The summed E-state index contributed by atoms with van der Waals surface area (Å²) in [7, 11) is 2.14. The van der Waals surface area contributed by atoms with Gasteiger partial charge in [0.2, 0.25) is 5.95 Å². The van der Waals surface area contributed by atoms with Gasteiger partial charge in [0, 0.05) is 11.6 Å². The molecule has 0 aliphatic carbocycles. The van der Waals surface area contributed by atoms with Crippen molar-refractivity contribution in [3.05, 3.63) is 59.7 Å². The van der Waals surface area contributed by atoms with E-state index in [4.69, 9.17) is 10.8 Å². The van der Waals surface area contributed by atoms with Gasteiger partial charge in [-0.05, 0) is 57.1 Å². The first-order chi connectivity index (χ1) is 13.0. The molecular weight excluding hydrogens is 337 g/mol. The number of benzene rings is 2. The maximum absolute atomic E-state index is 13.0. The number of hydrogen-bond donors (Lipinski definition) is 1. The molecule has 27 heavy (non-hydrogen) atoms. The van der Waals surface area contributed by atoms with E-state index in [1.165, 1.54) is 5.01 Å². The molecule has 6 nitrogen and oxygen atoms in total. The second-order valence-electron chi connectivity index (χ2n) is 7.35. The third kappa shape index (κ3) is 3.36. The van der Waals surface area contributed by atoms with Crippen molar-refractivity contribution >= 4 is 30.9 Å². The lowest BCUT2D eigenvalue weighted by Crippen LogP contribution is -2.41. The van der Waals surface area contributed by atoms with E-state index in [0.717, 1.165) is 42.5 Å². The van der Waals surface area contributed by atoms with Crippen LogP contribution in [0.4, 0.5) is 5.95 Å².